The zero-order valence-corrected chi connectivity index (χ0v) is 11.9. The van der Waals surface area contributed by atoms with Crippen molar-refractivity contribution in [3.05, 3.63) is 29.8 Å². The van der Waals surface area contributed by atoms with E-state index in [0.29, 0.717) is 13.1 Å². The van der Waals surface area contributed by atoms with Gasteiger partial charge in [0.2, 0.25) is 10.0 Å². The molecule has 1 saturated carbocycles. The molecule has 0 atom stereocenters. The minimum absolute atomic E-state index is 0.251. The monoisotopic (exact) mass is 284 g/mol. The number of rotatable bonds is 6. The first kappa shape index (κ1) is 14.5. The van der Waals surface area contributed by atoms with Gasteiger partial charge in [0.05, 0.1) is 10.5 Å². The summed E-state index contributed by atoms with van der Waals surface area (Å²) in [4.78, 5) is 0.251. The van der Waals surface area contributed by atoms with Crippen molar-refractivity contribution in [2.24, 2.45) is 5.73 Å². The van der Waals surface area contributed by atoms with Crippen LogP contribution in [-0.2, 0) is 21.3 Å². The fourth-order valence-corrected chi connectivity index (χ4v) is 3.36. The molecule has 0 heterocycles. The molecule has 0 radical (unpaired) electrons. The van der Waals surface area contributed by atoms with Crippen LogP contribution in [0.4, 0.5) is 0 Å². The van der Waals surface area contributed by atoms with E-state index in [4.69, 9.17) is 10.5 Å². The van der Waals surface area contributed by atoms with Gasteiger partial charge in [-0.05, 0) is 37.0 Å². The van der Waals surface area contributed by atoms with E-state index in [1.165, 1.54) is 0 Å². The number of ether oxygens (including phenoxy) is 1. The van der Waals surface area contributed by atoms with Gasteiger partial charge < -0.3 is 10.5 Å². The van der Waals surface area contributed by atoms with Crippen LogP contribution in [0.15, 0.2) is 29.2 Å². The second-order valence-electron chi connectivity index (χ2n) is 4.92. The van der Waals surface area contributed by atoms with Gasteiger partial charge in [-0.15, -0.1) is 0 Å². The molecule has 0 unspecified atom stereocenters. The van der Waals surface area contributed by atoms with E-state index in [9.17, 15) is 8.42 Å². The Bertz CT molecular complexity index is 533. The zero-order chi connectivity index (χ0) is 13.9. The third-order valence-corrected chi connectivity index (χ3v) is 5.13. The van der Waals surface area contributed by atoms with Gasteiger partial charge in [0.15, 0.2) is 0 Å². The molecular weight excluding hydrogens is 264 g/mol. The molecule has 1 aromatic rings. The maximum Gasteiger partial charge on any atom is 0.240 e. The van der Waals surface area contributed by atoms with Crippen LogP contribution in [0.25, 0.3) is 0 Å². The van der Waals surface area contributed by atoms with E-state index in [-0.39, 0.29) is 10.5 Å². The molecule has 3 N–H and O–H groups in total. The SMILES string of the molecule is COC1(CNS(=O)(=O)c2cccc(CN)c2)CCC1. The van der Waals surface area contributed by atoms with E-state index in [2.05, 4.69) is 4.72 Å². The van der Waals surface area contributed by atoms with Crippen LogP contribution in [-0.4, -0.2) is 27.7 Å². The lowest BCUT2D eigenvalue weighted by molar-refractivity contribution is -0.0659. The number of sulfonamides is 1. The van der Waals surface area contributed by atoms with E-state index in [1.807, 2.05) is 6.07 Å². The van der Waals surface area contributed by atoms with Crippen molar-refractivity contribution in [3.63, 3.8) is 0 Å². The summed E-state index contributed by atoms with van der Waals surface area (Å²) >= 11 is 0. The van der Waals surface area contributed by atoms with Gasteiger partial charge in [0, 0.05) is 20.2 Å². The van der Waals surface area contributed by atoms with Crippen molar-refractivity contribution in [3.8, 4) is 0 Å². The highest BCUT2D eigenvalue weighted by molar-refractivity contribution is 7.89. The van der Waals surface area contributed by atoms with Gasteiger partial charge in [-0.25, -0.2) is 13.1 Å². The Balaban J connectivity index is 2.09. The van der Waals surface area contributed by atoms with E-state index in [0.717, 1.165) is 24.8 Å². The molecule has 106 valence electrons. The van der Waals surface area contributed by atoms with Gasteiger partial charge >= 0.3 is 0 Å². The fraction of sp³-hybridized carbons (Fsp3) is 0.538. The molecule has 1 fully saturated rings. The lowest BCUT2D eigenvalue weighted by Crippen LogP contribution is -2.49. The second-order valence-corrected chi connectivity index (χ2v) is 6.68. The number of hydrogen-bond donors (Lipinski definition) is 2. The Morgan fingerprint density at radius 1 is 1.42 bits per heavy atom. The molecule has 1 aliphatic carbocycles. The summed E-state index contributed by atoms with van der Waals surface area (Å²) in [5, 5.41) is 0. The quantitative estimate of drug-likeness (QED) is 0.816. The summed E-state index contributed by atoms with van der Waals surface area (Å²) < 4.78 is 32.4. The van der Waals surface area contributed by atoms with Crippen molar-refractivity contribution >= 4 is 10.0 Å². The zero-order valence-electron chi connectivity index (χ0n) is 11.1. The highest BCUT2D eigenvalue weighted by Gasteiger charge is 2.37. The minimum Gasteiger partial charge on any atom is -0.377 e. The molecular formula is C13H20N2O3S. The summed E-state index contributed by atoms with van der Waals surface area (Å²) in [6.45, 7) is 0.643. The van der Waals surface area contributed by atoms with Crippen LogP contribution in [0.5, 0.6) is 0 Å². The molecule has 6 heteroatoms. The topological polar surface area (TPSA) is 81.4 Å². The molecule has 0 aliphatic heterocycles. The molecule has 5 nitrogen and oxygen atoms in total. The Morgan fingerprint density at radius 3 is 2.68 bits per heavy atom. The average molecular weight is 284 g/mol. The standard InChI is InChI=1S/C13H20N2O3S/c1-18-13(6-3-7-13)10-15-19(16,17)12-5-2-4-11(8-12)9-14/h2,4-5,8,15H,3,6-7,9-10,14H2,1H3. The van der Waals surface area contributed by atoms with E-state index < -0.39 is 10.0 Å². The summed E-state index contributed by atoms with van der Waals surface area (Å²) in [5.41, 5.74) is 6.00. The maximum atomic E-state index is 12.2. The Kier molecular flexibility index (Phi) is 4.25. The lowest BCUT2D eigenvalue weighted by Gasteiger charge is -2.40. The smallest absolute Gasteiger partial charge is 0.240 e. The summed E-state index contributed by atoms with van der Waals surface area (Å²) in [6.07, 6.45) is 2.88. The average Bonchev–Trinajstić information content (AvgIpc) is 2.38. The molecule has 0 spiro atoms. The van der Waals surface area contributed by atoms with Gasteiger partial charge in [-0.2, -0.15) is 0 Å². The molecule has 0 bridgehead atoms. The van der Waals surface area contributed by atoms with Crippen LogP contribution in [0.3, 0.4) is 0 Å². The third-order valence-electron chi connectivity index (χ3n) is 3.73. The fourth-order valence-electron chi connectivity index (χ4n) is 2.17. The van der Waals surface area contributed by atoms with Crippen LogP contribution in [0, 0.1) is 0 Å². The summed E-state index contributed by atoms with van der Waals surface area (Å²) in [5.74, 6) is 0. The van der Waals surface area contributed by atoms with Gasteiger partial charge in [0.25, 0.3) is 0 Å². The normalized spacial score (nSPS) is 18.0. The van der Waals surface area contributed by atoms with Gasteiger partial charge in [0.1, 0.15) is 0 Å². The molecule has 1 aromatic carbocycles. The first-order valence-corrected chi connectivity index (χ1v) is 7.83. The molecule has 1 aliphatic rings. The highest BCUT2D eigenvalue weighted by atomic mass is 32.2. The Hall–Kier alpha value is -0.950. The maximum absolute atomic E-state index is 12.2. The molecule has 0 amide bonds. The van der Waals surface area contributed by atoms with Gasteiger partial charge in [-0.3, -0.25) is 0 Å². The van der Waals surface area contributed by atoms with E-state index in [1.54, 1.807) is 25.3 Å². The van der Waals surface area contributed by atoms with Crippen molar-refractivity contribution < 1.29 is 13.2 Å². The Morgan fingerprint density at radius 2 is 2.16 bits per heavy atom. The molecule has 0 aromatic heterocycles. The number of nitrogens with two attached hydrogens (primary N) is 1. The predicted octanol–water partition coefficient (Wildman–Crippen LogP) is 0.993. The first-order valence-electron chi connectivity index (χ1n) is 6.35. The summed E-state index contributed by atoms with van der Waals surface area (Å²) in [6, 6.07) is 6.68. The van der Waals surface area contributed by atoms with Crippen LogP contribution >= 0.6 is 0 Å². The van der Waals surface area contributed by atoms with Crippen molar-refractivity contribution in [1.29, 1.82) is 0 Å². The van der Waals surface area contributed by atoms with E-state index >= 15 is 0 Å². The number of benzene rings is 1. The van der Waals surface area contributed by atoms with Crippen molar-refractivity contribution in [2.75, 3.05) is 13.7 Å². The molecule has 0 saturated heterocycles. The second kappa shape index (κ2) is 5.58. The number of nitrogens with one attached hydrogen (secondary N) is 1. The molecule has 2 rings (SSSR count). The van der Waals surface area contributed by atoms with Crippen molar-refractivity contribution in [2.45, 2.75) is 36.3 Å². The minimum atomic E-state index is -3.50. The van der Waals surface area contributed by atoms with Crippen molar-refractivity contribution in [1.82, 2.24) is 4.72 Å². The van der Waals surface area contributed by atoms with Crippen LogP contribution < -0.4 is 10.5 Å². The van der Waals surface area contributed by atoms with Crippen LogP contribution in [0.1, 0.15) is 24.8 Å². The molecule has 19 heavy (non-hydrogen) atoms. The van der Waals surface area contributed by atoms with Crippen LogP contribution in [0.2, 0.25) is 0 Å². The number of hydrogen-bond acceptors (Lipinski definition) is 4. The highest BCUT2D eigenvalue weighted by Crippen LogP contribution is 2.34. The first-order chi connectivity index (χ1) is 9.01. The number of methoxy groups -OCH3 is 1. The lowest BCUT2D eigenvalue weighted by atomic mass is 9.80. The summed E-state index contributed by atoms with van der Waals surface area (Å²) in [7, 11) is -1.87. The third kappa shape index (κ3) is 3.14. The largest absolute Gasteiger partial charge is 0.377 e. The Labute approximate surface area is 114 Å². The van der Waals surface area contributed by atoms with Gasteiger partial charge in [-0.1, -0.05) is 12.1 Å². The predicted molar refractivity (Wildman–Crippen MR) is 73.1 cm³/mol.